The summed E-state index contributed by atoms with van der Waals surface area (Å²) < 4.78 is 0. The van der Waals surface area contributed by atoms with E-state index in [0.29, 0.717) is 10.8 Å². The molecule has 84 valence electrons. The van der Waals surface area contributed by atoms with Gasteiger partial charge in [0.15, 0.2) is 0 Å². The molecule has 4 heteroatoms. The standard InChI is InChI=1S/C12H14ClN3/c1-2-4-10-11(15-16-12(10)14)8-5-3-6-9(13)7-8/h3,5-7H,2,4H2,1H3,(H3,14,15,16). The van der Waals surface area contributed by atoms with Crippen molar-refractivity contribution in [2.75, 3.05) is 5.73 Å². The number of rotatable bonds is 3. The molecule has 3 N–H and O–H groups in total. The fourth-order valence-electron chi connectivity index (χ4n) is 1.76. The van der Waals surface area contributed by atoms with E-state index in [1.54, 1.807) is 0 Å². The summed E-state index contributed by atoms with van der Waals surface area (Å²) in [6, 6.07) is 7.68. The third-order valence-electron chi connectivity index (χ3n) is 2.51. The molecule has 2 rings (SSSR count). The summed E-state index contributed by atoms with van der Waals surface area (Å²) in [6.45, 7) is 2.12. The van der Waals surface area contributed by atoms with Crippen LogP contribution >= 0.6 is 11.6 Å². The van der Waals surface area contributed by atoms with E-state index in [0.717, 1.165) is 29.7 Å². The molecule has 0 radical (unpaired) electrons. The summed E-state index contributed by atoms with van der Waals surface area (Å²) in [5.74, 6) is 0.580. The number of anilines is 1. The van der Waals surface area contributed by atoms with E-state index in [2.05, 4.69) is 17.1 Å². The summed E-state index contributed by atoms with van der Waals surface area (Å²) in [5.41, 5.74) is 8.90. The third-order valence-corrected chi connectivity index (χ3v) is 2.75. The zero-order valence-electron chi connectivity index (χ0n) is 9.13. The molecule has 1 heterocycles. The van der Waals surface area contributed by atoms with Gasteiger partial charge in [-0.05, 0) is 18.6 Å². The summed E-state index contributed by atoms with van der Waals surface area (Å²) in [5, 5.41) is 7.74. The van der Waals surface area contributed by atoms with Crippen LogP contribution in [0.4, 0.5) is 5.82 Å². The molecular weight excluding hydrogens is 222 g/mol. The van der Waals surface area contributed by atoms with Crippen molar-refractivity contribution in [1.82, 2.24) is 10.2 Å². The summed E-state index contributed by atoms with van der Waals surface area (Å²) in [4.78, 5) is 0. The number of halogens is 1. The molecule has 0 unspecified atom stereocenters. The van der Waals surface area contributed by atoms with Gasteiger partial charge < -0.3 is 5.73 Å². The molecule has 1 aromatic heterocycles. The van der Waals surface area contributed by atoms with Gasteiger partial charge in [-0.15, -0.1) is 0 Å². The molecule has 0 fully saturated rings. The lowest BCUT2D eigenvalue weighted by molar-refractivity contribution is 0.927. The Morgan fingerprint density at radius 2 is 2.25 bits per heavy atom. The fraction of sp³-hybridized carbons (Fsp3) is 0.250. The highest BCUT2D eigenvalue weighted by molar-refractivity contribution is 6.30. The van der Waals surface area contributed by atoms with Gasteiger partial charge in [-0.25, -0.2) is 0 Å². The fourth-order valence-corrected chi connectivity index (χ4v) is 1.96. The number of nitrogens with two attached hydrogens (primary N) is 1. The molecule has 0 bridgehead atoms. The normalized spacial score (nSPS) is 10.6. The number of nitrogen functional groups attached to an aromatic ring is 1. The highest BCUT2D eigenvalue weighted by Gasteiger charge is 2.11. The van der Waals surface area contributed by atoms with E-state index in [-0.39, 0.29) is 0 Å². The van der Waals surface area contributed by atoms with E-state index in [1.165, 1.54) is 0 Å². The zero-order valence-corrected chi connectivity index (χ0v) is 9.88. The third kappa shape index (κ3) is 2.04. The molecule has 0 atom stereocenters. The Labute approximate surface area is 99.6 Å². The van der Waals surface area contributed by atoms with Crippen molar-refractivity contribution < 1.29 is 0 Å². The Kier molecular flexibility index (Phi) is 3.15. The summed E-state index contributed by atoms with van der Waals surface area (Å²) in [7, 11) is 0. The molecule has 0 saturated carbocycles. The van der Waals surface area contributed by atoms with Crippen molar-refractivity contribution in [3.63, 3.8) is 0 Å². The number of aromatic nitrogens is 2. The van der Waals surface area contributed by atoms with Crippen molar-refractivity contribution in [2.24, 2.45) is 0 Å². The molecule has 2 aromatic rings. The summed E-state index contributed by atoms with van der Waals surface area (Å²) >= 11 is 5.97. The quantitative estimate of drug-likeness (QED) is 0.858. The first-order chi connectivity index (χ1) is 7.72. The molecule has 0 amide bonds. The Balaban J connectivity index is 2.47. The van der Waals surface area contributed by atoms with Crippen molar-refractivity contribution in [3.8, 4) is 11.3 Å². The van der Waals surface area contributed by atoms with Gasteiger partial charge in [0.05, 0.1) is 5.69 Å². The van der Waals surface area contributed by atoms with Crippen LogP contribution < -0.4 is 5.73 Å². The summed E-state index contributed by atoms with van der Waals surface area (Å²) in [6.07, 6.45) is 1.96. The number of nitrogens with one attached hydrogen (secondary N) is 1. The Morgan fingerprint density at radius 3 is 2.94 bits per heavy atom. The van der Waals surface area contributed by atoms with Crippen LogP contribution in [-0.4, -0.2) is 10.2 Å². The minimum Gasteiger partial charge on any atom is -0.382 e. The Morgan fingerprint density at radius 1 is 1.44 bits per heavy atom. The van der Waals surface area contributed by atoms with E-state index in [9.17, 15) is 0 Å². The SMILES string of the molecule is CCCc1c(N)n[nH]c1-c1cccc(Cl)c1. The van der Waals surface area contributed by atoms with Gasteiger partial charge in [0.2, 0.25) is 0 Å². The van der Waals surface area contributed by atoms with Crippen LogP contribution in [0.1, 0.15) is 18.9 Å². The van der Waals surface area contributed by atoms with Gasteiger partial charge in [-0.3, -0.25) is 5.10 Å². The second kappa shape index (κ2) is 4.58. The van der Waals surface area contributed by atoms with Gasteiger partial charge >= 0.3 is 0 Å². The monoisotopic (exact) mass is 235 g/mol. The van der Waals surface area contributed by atoms with E-state index < -0.39 is 0 Å². The number of hydrogen-bond acceptors (Lipinski definition) is 2. The lowest BCUT2D eigenvalue weighted by atomic mass is 10.0. The smallest absolute Gasteiger partial charge is 0.149 e. The van der Waals surface area contributed by atoms with Crippen LogP contribution in [0.15, 0.2) is 24.3 Å². The first-order valence-corrected chi connectivity index (χ1v) is 5.68. The van der Waals surface area contributed by atoms with Gasteiger partial charge in [-0.2, -0.15) is 5.10 Å². The number of H-pyrrole nitrogens is 1. The maximum Gasteiger partial charge on any atom is 0.149 e. The second-order valence-electron chi connectivity index (χ2n) is 3.72. The predicted molar refractivity (Wildman–Crippen MR) is 67.4 cm³/mol. The Hall–Kier alpha value is -1.48. The average Bonchev–Trinajstić information content (AvgIpc) is 2.61. The predicted octanol–water partition coefficient (Wildman–Crippen LogP) is 3.26. The molecule has 0 aliphatic carbocycles. The second-order valence-corrected chi connectivity index (χ2v) is 4.16. The van der Waals surface area contributed by atoms with Gasteiger partial charge in [0.1, 0.15) is 5.82 Å². The van der Waals surface area contributed by atoms with Crippen LogP contribution in [0.5, 0.6) is 0 Å². The highest BCUT2D eigenvalue weighted by Crippen LogP contribution is 2.27. The lowest BCUT2D eigenvalue weighted by Crippen LogP contribution is -1.92. The van der Waals surface area contributed by atoms with Gasteiger partial charge in [0, 0.05) is 16.1 Å². The van der Waals surface area contributed by atoms with Crippen LogP contribution in [-0.2, 0) is 6.42 Å². The highest BCUT2D eigenvalue weighted by atomic mass is 35.5. The molecular formula is C12H14ClN3. The molecule has 0 saturated heterocycles. The van der Waals surface area contributed by atoms with Crippen LogP contribution in [0.2, 0.25) is 5.02 Å². The minimum absolute atomic E-state index is 0.580. The van der Waals surface area contributed by atoms with Gasteiger partial charge in [0.25, 0.3) is 0 Å². The topological polar surface area (TPSA) is 54.7 Å². The lowest BCUT2D eigenvalue weighted by Gasteiger charge is -2.03. The largest absolute Gasteiger partial charge is 0.382 e. The van der Waals surface area contributed by atoms with Crippen molar-refractivity contribution >= 4 is 17.4 Å². The zero-order chi connectivity index (χ0) is 11.5. The maximum absolute atomic E-state index is 5.97. The molecule has 0 aliphatic rings. The van der Waals surface area contributed by atoms with Crippen molar-refractivity contribution in [1.29, 1.82) is 0 Å². The average molecular weight is 236 g/mol. The van der Waals surface area contributed by atoms with Crippen molar-refractivity contribution in [2.45, 2.75) is 19.8 Å². The Bertz CT molecular complexity index is 491. The van der Waals surface area contributed by atoms with Crippen LogP contribution in [0, 0.1) is 0 Å². The molecule has 16 heavy (non-hydrogen) atoms. The number of hydrogen-bond donors (Lipinski definition) is 2. The molecule has 3 nitrogen and oxygen atoms in total. The molecule has 0 aliphatic heterocycles. The number of nitrogens with zero attached hydrogens (tertiary/aromatic N) is 1. The molecule has 1 aromatic carbocycles. The number of benzene rings is 1. The van der Waals surface area contributed by atoms with Gasteiger partial charge in [-0.1, -0.05) is 37.1 Å². The first kappa shape index (κ1) is 11.0. The van der Waals surface area contributed by atoms with Crippen molar-refractivity contribution in [3.05, 3.63) is 34.9 Å². The number of aromatic amines is 1. The first-order valence-electron chi connectivity index (χ1n) is 5.31. The van der Waals surface area contributed by atoms with Crippen LogP contribution in [0.25, 0.3) is 11.3 Å². The maximum atomic E-state index is 5.97. The molecule has 0 spiro atoms. The van der Waals surface area contributed by atoms with E-state index in [4.69, 9.17) is 17.3 Å². The minimum atomic E-state index is 0.580. The van der Waals surface area contributed by atoms with Crippen LogP contribution in [0.3, 0.4) is 0 Å². The van der Waals surface area contributed by atoms with E-state index in [1.807, 2.05) is 24.3 Å². The van der Waals surface area contributed by atoms with E-state index >= 15 is 0 Å².